The van der Waals surface area contributed by atoms with Crippen molar-refractivity contribution in [3.8, 4) is 5.75 Å². The highest BCUT2D eigenvalue weighted by Gasteiger charge is 2.19. The largest absolute Gasteiger partial charge is 0.483 e. The minimum atomic E-state index is -0.201. The highest BCUT2D eigenvalue weighted by atomic mass is 32.2. The van der Waals surface area contributed by atoms with Gasteiger partial charge >= 0.3 is 0 Å². The molecular formula is C22H25N3OS. The molecule has 140 valence electrons. The Bertz CT molecular complexity index is 919. The van der Waals surface area contributed by atoms with Crippen LogP contribution in [0.4, 0.5) is 0 Å². The molecule has 1 heterocycles. The quantitative estimate of drug-likeness (QED) is 0.382. The van der Waals surface area contributed by atoms with Crippen LogP contribution < -0.4 is 4.74 Å². The molecule has 1 aromatic heterocycles. The molecule has 0 aliphatic rings. The first-order valence-corrected chi connectivity index (χ1v) is 10.0. The fourth-order valence-corrected chi connectivity index (χ4v) is 3.80. The highest BCUT2D eigenvalue weighted by Crippen LogP contribution is 2.27. The van der Waals surface area contributed by atoms with E-state index in [0.717, 1.165) is 22.5 Å². The van der Waals surface area contributed by atoms with Crippen molar-refractivity contribution in [2.45, 2.75) is 44.3 Å². The summed E-state index contributed by atoms with van der Waals surface area (Å²) >= 11 is 1.68. The van der Waals surface area contributed by atoms with Crippen LogP contribution in [0.25, 0.3) is 0 Å². The molecule has 1 unspecified atom stereocenters. The number of hydrogen-bond acceptors (Lipinski definition) is 4. The molecule has 3 aromatic rings. The Kier molecular flexibility index (Phi) is 6.35. The molecule has 5 heteroatoms. The van der Waals surface area contributed by atoms with Gasteiger partial charge in [0, 0.05) is 12.3 Å². The normalized spacial score (nSPS) is 12.0. The van der Waals surface area contributed by atoms with Gasteiger partial charge in [-0.15, -0.1) is 16.8 Å². The van der Waals surface area contributed by atoms with Crippen LogP contribution in [0.1, 0.15) is 35.5 Å². The third-order valence-electron chi connectivity index (χ3n) is 4.17. The Morgan fingerprint density at radius 1 is 1.11 bits per heavy atom. The van der Waals surface area contributed by atoms with Gasteiger partial charge in [0.25, 0.3) is 0 Å². The van der Waals surface area contributed by atoms with Gasteiger partial charge in [0.05, 0.1) is 0 Å². The van der Waals surface area contributed by atoms with E-state index in [1.165, 1.54) is 16.7 Å². The molecule has 0 saturated carbocycles. The summed E-state index contributed by atoms with van der Waals surface area (Å²) in [5, 5.41) is 9.68. The second-order valence-electron chi connectivity index (χ2n) is 6.59. The molecule has 0 aliphatic carbocycles. The van der Waals surface area contributed by atoms with Crippen LogP contribution in [-0.2, 0) is 12.3 Å². The van der Waals surface area contributed by atoms with Gasteiger partial charge in [-0.3, -0.25) is 4.57 Å². The third kappa shape index (κ3) is 5.01. The van der Waals surface area contributed by atoms with Gasteiger partial charge in [0.15, 0.2) is 17.1 Å². The maximum atomic E-state index is 6.09. The van der Waals surface area contributed by atoms with Crippen LogP contribution in [-0.4, -0.2) is 14.8 Å². The summed E-state index contributed by atoms with van der Waals surface area (Å²) in [4.78, 5) is 0. The van der Waals surface area contributed by atoms with Gasteiger partial charge in [0.1, 0.15) is 5.75 Å². The number of aryl methyl sites for hydroxylation is 2. The number of thioether (sulfide) groups is 1. The van der Waals surface area contributed by atoms with E-state index < -0.39 is 0 Å². The lowest BCUT2D eigenvalue weighted by atomic mass is 10.2. The van der Waals surface area contributed by atoms with Gasteiger partial charge in [-0.25, -0.2) is 0 Å². The average molecular weight is 380 g/mol. The topological polar surface area (TPSA) is 39.9 Å². The molecule has 0 saturated heterocycles. The molecule has 1 atom stereocenters. The van der Waals surface area contributed by atoms with Crippen molar-refractivity contribution in [3.63, 3.8) is 0 Å². The van der Waals surface area contributed by atoms with Crippen LogP contribution in [0.5, 0.6) is 5.75 Å². The average Bonchev–Trinajstić information content (AvgIpc) is 3.03. The number of hydrogen-bond donors (Lipinski definition) is 0. The van der Waals surface area contributed by atoms with E-state index in [0.29, 0.717) is 6.54 Å². The molecule has 0 aliphatic heterocycles. The van der Waals surface area contributed by atoms with Crippen molar-refractivity contribution < 1.29 is 4.74 Å². The second kappa shape index (κ2) is 8.91. The van der Waals surface area contributed by atoms with Gasteiger partial charge in [0.2, 0.25) is 0 Å². The fraction of sp³-hybridized carbons (Fsp3) is 0.273. The van der Waals surface area contributed by atoms with Gasteiger partial charge in [-0.05, 0) is 44.0 Å². The summed E-state index contributed by atoms with van der Waals surface area (Å²) in [6.45, 7) is 10.7. The number of nitrogens with zero attached hydrogens (tertiary/aromatic N) is 3. The Balaban J connectivity index is 1.76. The summed E-state index contributed by atoms with van der Waals surface area (Å²) in [5.74, 6) is 2.50. The molecular weight excluding hydrogens is 354 g/mol. The molecule has 0 radical (unpaired) electrons. The van der Waals surface area contributed by atoms with Crippen molar-refractivity contribution in [2.24, 2.45) is 0 Å². The lowest BCUT2D eigenvalue weighted by molar-refractivity contribution is 0.210. The van der Waals surface area contributed by atoms with E-state index in [2.05, 4.69) is 65.5 Å². The Morgan fingerprint density at radius 2 is 1.85 bits per heavy atom. The van der Waals surface area contributed by atoms with Crippen LogP contribution >= 0.6 is 11.8 Å². The molecule has 0 N–H and O–H groups in total. The Labute approximate surface area is 165 Å². The molecule has 2 aromatic carbocycles. The van der Waals surface area contributed by atoms with Crippen LogP contribution in [0.2, 0.25) is 0 Å². The summed E-state index contributed by atoms with van der Waals surface area (Å²) < 4.78 is 8.17. The highest BCUT2D eigenvalue weighted by molar-refractivity contribution is 7.98. The van der Waals surface area contributed by atoms with Crippen molar-refractivity contribution in [3.05, 3.63) is 83.7 Å². The van der Waals surface area contributed by atoms with E-state index in [9.17, 15) is 0 Å². The number of ether oxygens (including phenoxy) is 1. The van der Waals surface area contributed by atoms with Crippen molar-refractivity contribution in [1.29, 1.82) is 0 Å². The zero-order valence-corrected chi connectivity index (χ0v) is 16.9. The minimum absolute atomic E-state index is 0.201. The summed E-state index contributed by atoms with van der Waals surface area (Å²) in [6, 6.07) is 16.6. The first kappa shape index (κ1) is 19.2. The summed E-state index contributed by atoms with van der Waals surface area (Å²) in [5.41, 5.74) is 3.71. The molecule has 3 rings (SSSR count). The maximum Gasteiger partial charge on any atom is 0.191 e. The molecule has 27 heavy (non-hydrogen) atoms. The number of aromatic nitrogens is 3. The van der Waals surface area contributed by atoms with E-state index in [-0.39, 0.29) is 6.10 Å². The molecule has 0 fully saturated rings. The molecule has 0 bridgehead atoms. The van der Waals surface area contributed by atoms with E-state index in [1.807, 2.05) is 31.2 Å². The fourth-order valence-electron chi connectivity index (χ4n) is 2.90. The number of benzene rings is 2. The lowest BCUT2D eigenvalue weighted by Gasteiger charge is -2.16. The van der Waals surface area contributed by atoms with Crippen LogP contribution in [0, 0.1) is 13.8 Å². The Morgan fingerprint density at radius 3 is 2.56 bits per heavy atom. The summed E-state index contributed by atoms with van der Waals surface area (Å²) in [6.07, 6.45) is 1.66. The first-order chi connectivity index (χ1) is 13.1. The second-order valence-corrected chi connectivity index (χ2v) is 7.54. The number of rotatable bonds is 8. The first-order valence-electron chi connectivity index (χ1n) is 9.02. The lowest BCUT2D eigenvalue weighted by Crippen LogP contribution is -2.12. The molecule has 0 spiro atoms. The van der Waals surface area contributed by atoms with Crippen molar-refractivity contribution in [2.75, 3.05) is 0 Å². The van der Waals surface area contributed by atoms with E-state index >= 15 is 0 Å². The predicted octanol–water partition coefficient (Wildman–Crippen LogP) is 5.51. The van der Waals surface area contributed by atoms with Crippen LogP contribution in [0.15, 0.2) is 66.3 Å². The zero-order valence-electron chi connectivity index (χ0n) is 16.1. The SMILES string of the molecule is C=CCn1c(SCc2cccc(C)c2)nnc1C(C)Oc1cccc(C)c1. The zero-order chi connectivity index (χ0) is 19.2. The summed E-state index contributed by atoms with van der Waals surface area (Å²) in [7, 11) is 0. The van der Waals surface area contributed by atoms with Gasteiger partial charge in [-0.1, -0.05) is 59.8 Å². The van der Waals surface area contributed by atoms with E-state index in [1.54, 1.807) is 11.8 Å². The maximum absolute atomic E-state index is 6.09. The molecule has 4 nitrogen and oxygen atoms in total. The third-order valence-corrected chi connectivity index (χ3v) is 5.21. The van der Waals surface area contributed by atoms with Gasteiger partial charge in [-0.2, -0.15) is 0 Å². The minimum Gasteiger partial charge on any atom is -0.483 e. The standard InChI is InChI=1S/C22H25N3OS/c1-5-12-25-21(18(4)26-20-11-7-9-17(3)14-20)23-24-22(25)27-15-19-10-6-8-16(2)13-19/h5-11,13-14,18H,1,12,15H2,2-4H3. The van der Waals surface area contributed by atoms with Crippen molar-refractivity contribution in [1.82, 2.24) is 14.8 Å². The van der Waals surface area contributed by atoms with E-state index in [4.69, 9.17) is 4.74 Å². The smallest absolute Gasteiger partial charge is 0.191 e. The van der Waals surface area contributed by atoms with Crippen LogP contribution in [0.3, 0.4) is 0 Å². The predicted molar refractivity (Wildman–Crippen MR) is 111 cm³/mol. The van der Waals surface area contributed by atoms with Crippen molar-refractivity contribution >= 4 is 11.8 Å². The monoisotopic (exact) mass is 379 g/mol. The number of allylic oxidation sites excluding steroid dienone is 1. The van der Waals surface area contributed by atoms with Gasteiger partial charge < -0.3 is 4.74 Å². The molecule has 0 amide bonds. The Hall–Kier alpha value is -2.53.